The predicted octanol–water partition coefficient (Wildman–Crippen LogP) is 5.04. The van der Waals surface area contributed by atoms with Crippen LogP contribution >= 0.6 is 54.5 Å². The SMILES string of the molecule is CC(C)(CNC(=O)c1cc(Br)c(Br)s1)c1cccs1. The van der Waals surface area contributed by atoms with Crippen LogP contribution in [0.3, 0.4) is 0 Å². The van der Waals surface area contributed by atoms with Crippen molar-refractivity contribution in [1.29, 1.82) is 0 Å². The van der Waals surface area contributed by atoms with Gasteiger partial charge >= 0.3 is 0 Å². The van der Waals surface area contributed by atoms with Gasteiger partial charge in [-0.1, -0.05) is 19.9 Å². The number of halogens is 2. The van der Waals surface area contributed by atoms with Gasteiger partial charge in [-0.15, -0.1) is 22.7 Å². The summed E-state index contributed by atoms with van der Waals surface area (Å²) in [6.07, 6.45) is 0. The van der Waals surface area contributed by atoms with Gasteiger partial charge in [0, 0.05) is 21.3 Å². The van der Waals surface area contributed by atoms with E-state index < -0.39 is 0 Å². The molecular weight excluding hydrogens is 410 g/mol. The van der Waals surface area contributed by atoms with Gasteiger partial charge in [0.05, 0.1) is 8.66 Å². The summed E-state index contributed by atoms with van der Waals surface area (Å²) in [7, 11) is 0. The second kappa shape index (κ2) is 6.08. The van der Waals surface area contributed by atoms with Crippen molar-refractivity contribution in [2.75, 3.05) is 6.54 Å². The normalized spacial score (nSPS) is 11.6. The number of rotatable bonds is 4. The van der Waals surface area contributed by atoms with E-state index in [9.17, 15) is 4.79 Å². The van der Waals surface area contributed by atoms with E-state index in [0.29, 0.717) is 11.4 Å². The molecule has 2 aromatic rings. The van der Waals surface area contributed by atoms with Crippen LogP contribution < -0.4 is 5.32 Å². The maximum atomic E-state index is 12.1. The first-order valence-corrected chi connectivity index (χ1v) is 8.95. The van der Waals surface area contributed by atoms with Crippen molar-refractivity contribution in [3.8, 4) is 0 Å². The standard InChI is InChI=1S/C13H13Br2NOS2/c1-13(2,10-4-3-5-18-10)7-16-12(17)9-6-8(14)11(15)19-9/h3-6H,7H2,1-2H3,(H,16,17). The topological polar surface area (TPSA) is 29.1 Å². The van der Waals surface area contributed by atoms with Crippen molar-refractivity contribution in [3.05, 3.63) is 41.6 Å². The van der Waals surface area contributed by atoms with Crippen molar-refractivity contribution in [2.45, 2.75) is 19.3 Å². The number of amides is 1. The van der Waals surface area contributed by atoms with Crippen molar-refractivity contribution >= 4 is 60.4 Å². The van der Waals surface area contributed by atoms with Crippen LogP contribution in [-0.2, 0) is 5.41 Å². The summed E-state index contributed by atoms with van der Waals surface area (Å²) in [4.78, 5) is 14.1. The van der Waals surface area contributed by atoms with Crippen molar-refractivity contribution in [2.24, 2.45) is 0 Å². The Balaban J connectivity index is 2.01. The van der Waals surface area contributed by atoms with E-state index >= 15 is 0 Å². The van der Waals surface area contributed by atoms with Gasteiger partial charge in [0.1, 0.15) is 0 Å². The second-order valence-corrected chi connectivity index (χ2v) is 8.95. The lowest BCUT2D eigenvalue weighted by molar-refractivity contribution is 0.0950. The number of thiophene rings is 2. The molecule has 0 spiro atoms. The lowest BCUT2D eigenvalue weighted by Crippen LogP contribution is -2.35. The summed E-state index contributed by atoms with van der Waals surface area (Å²) in [5.41, 5.74) is -0.0461. The van der Waals surface area contributed by atoms with Gasteiger partial charge in [-0.3, -0.25) is 4.79 Å². The van der Waals surface area contributed by atoms with Crippen LogP contribution in [0.4, 0.5) is 0 Å². The van der Waals surface area contributed by atoms with Gasteiger partial charge in [-0.25, -0.2) is 0 Å². The minimum absolute atomic E-state index is 0.0268. The van der Waals surface area contributed by atoms with E-state index in [1.807, 2.05) is 12.1 Å². The number of carbonyl (C=O) groups is 1. The lowest BCUT2D eigenvalue weighted by atomic mass is 9.91. The molecule has 0 aliphatic rings. The number of hydrogen-bond donors (Lipinski definition) is 1. The molecule has 2 rings (SSSR count). The third-order valence-corrected chi connectivity index (χ3v) is 7.24. The first-order chi connectivity index (χ1) is 8.90. The Hall–Kier alpha value is -0.170. The van der Waals surface area contributed by atoms with Gasteiger partial charge in [-0.2, -0.15) is 0 Å². The van der Waals surface area contributed by atoms with E-state index in [1.54, 1.807) is 11.3 Å². The van der Waals surface area contributed by atoms with Crippen LogP contribution in [0.15, 0.2) is 31.8 Å². The van der Waals surface area contributed by atoms with E-state index in [1.165, 1.54) is 16.2 Å². The maximum absolute atomic E-state index is 12.1. The third kappa shape index (κ3) is 3.68. The molecule has 0 aromatic carbocycles. The first-order valence-electron chi connectivity index (χ1n) is 5.67. The number of nitrogens with one attached hydrogen (secondary N) is 1. The molecule has 0 aliphatic heterocycles. The lowest BCUT2D eigenvalue weighted by Gasteiger charge is -2.23. The molecule has 1 N–H and O–H groups in total. The van der Waals surface area contributed by atoms with E-state index in [-0.39, 0.29) is 11.3 Å². The Morgan fingerprint density at radius 3 is 2.68 bits per heavy atom. The highest BCUT2D eigenvalue weighted by Crippen LogP contribution is 2.32. The average Bonchev–Trinajstić information content (AvgIpc) is 2.98. The summed E-state index contributed by atoms with van der Waals surface area (Å²) in [5.74, 6) is -0.0268. The molecule has 2 aromatic heterocycles. The highest BCUT2D eigenvalue weighted by Gasteiger charge is 2.23. The highest BCUT2D eigenvalue weighted by molar-refractivity contribution is 9.13. The number of carbonyl (C=O) groups excluding carboxylic acids is 1. The summed E-state index contributed by atoms with van der Waals surface area (Å²) in [6, 6.07) is 5.98. The molecule has 0 fully saturated rings. The van der Waals surface area contributed by atoms with Gasteiger partial charge in [0.15, 0.2) is 0 Å². The summed E-state index contributed by atoms with van der Waals surface area (Å²) in [6.45, 7) is 4.90. The summed E-state index contributed by atoms with van der Waals surface area (Å²) in [5, 5.41) is 5.07. The molecule has 102 valence electrons. The quantitative estimate of drug-likeness (QED) is 0.734. The van der Waals surface area contributed by atoms with Crippen LogP contribution in [0.5, 0.6) is 0 Å². The Morgan fingerprint density at radius 2 is 2.16 bits per heavy atom. The molecule has 0 aliphatic carbocycles. The highest BCUT2D eigenvalue weighted by atomic mass is 79.9. The Kier molecular flexibility index (Phi) is 4.87. The van der Waals surface area contributed by atoms with Gasteiger partial charge in [-0.05, 0) is 49.4 Å². The maximum Gasteiger partial charge on any atom is 0.261 e. The van der Waals surface area contributed by atoms with Crippen LogP contribution in [0.1, 0.15) is 28.4 Å². The molecule has 2 nitrogen and oxygen atoms in total. The smallest absolute Gasteiger partial charge is 0.261 e. The van der Waals surface area contributed by atoms with Crippen LogP contribution in [0.25, 0.3) is 0 Å². The Morgan fingerprint density at radius 1 is 1.42 bits per heavy atom. The zero-order valence-electron chi connectivity index (χ0n) is 10.5. The van der Waals surface area contributed by atoms with Gasteiger partial charge < -0.3 is 5.32 Å². The Bertz CT molecular complexity index is 556. The molecule has 0 atom stereocenters. The van der Waals surface area contributed by atoms with Gasteiger partial charge in [0.2, 0.25) is 0 Å². The average molecular weight is 423 g/mol. The predicted molar refractivity (Wildman–Crippen MR) is 89.4 cm³/mol. The molecule has 19 heavy (non-hydrogen) atoms. The van der Waals surface area contributed by atoms with E-state index in [2.05, 4.69) is 62.5 Å². The summed E-state index contributed by atoms with van der Waals surface area (Å²) >= 11 is 9.94. The molecule has 0 radical (unpaired) electrons. The van der Waals surface area contributed by atoms with Crippen LogP contribution in [0, 0.1) is 0 Å². The van der Waals surface area contributed by atoms with Gasteiger partial charge in [0.25, 0.3) is 5.91 Å². The molecule has 0 unspecified atom stereocenters. The van der Waals surface area contributed by atoms with E-state index in [4.69, 9.17) is 0 Å². The van der Waals surface area contributed by atoms with Crippen molar-refractivity contribution in [1.82, 2.24) is 5.32 Å². The van der Waals surface area contributed by atoms with E-state index in [0.717, 1.165) is 8.26 Å². The van der Waals surface area contributed by atoms with Crippen LogP contribution in [0.2, 0.25) is 0 Å². The minimum Gasteiger partial charge on any atom is -0.350 e. The Labute approximate surface area is 137 Å². The zero-order chi connectivity index (χ0) is 14.0. The molecule has 6 heteroatoms. The molecule has 0 bridgehead atoms. The number of hydrogen-bond acceptors (Lipinski definition) is 3. The zero-order valence-corrected chi connectivity index (χ0v) is 15.3. The third-order valence-electron chi connectivity index (χ3n) is 2.75. The summed E-state index contributed by atoms with van der Waals surface area (Å²) < 4.78 is 1.86. The van der Waals surface area contributed by atoms with Crippen molar-refractivity contribution in [3.63, 3.8) is 0 Å². The fourth-order valence-electron chi connectivity index (χ4n) is 1.60. The fraction of sp³-hybridized carbons (Fsp3) is 0.308. The van der Waals surface area contributed by atoms with Crippen LogP contribution in [-0.4, -0.2) is 12.5 Å². The molecule has 1 amide bonds. The molecule has 0 saturated carbocycles. The molecule has 2 heterocycles. The second-order valence-electron chi connectivity index (χ2n) is 4.78. The minimum atomic E-state index is -0.0461. The molecule has 0 saturated heterocycles. The molecular formula is C13H13Br2NOS2. The monoisotopic (exact) mass is 421 g/mol. The largest absolute Gasteiger partial charge is 0.350 e. The fourth-order valence-corrected chi connectivity index (χ4v) is 4.40. The first kappa shape index (κ1) is 15.2. The van der Waals surface area contributed by atoms with Crippen molar-refractivity contribution < 1.29 is 4.79 Å².